The van der Waals surface area contributed by atoms with E-state index in [-0.39, 0.29) is 48.0 Å². The Kier molecular flexibility index (Phi) is 13.2. The van der Waals surface area contributed by atoms with E-state index >= 15 is 0 Å². The van der Waals surface area contributed by atoms with Crippen LogP contribution < -0.4 is 0 Å². The van der Waals surface area contributed by atoms with Gasteiger partial charge in [0.2, 0.25) is 0 Å². The molecule has 4 aliphatic rings. The zero-order chi connectivity index (χ0) is 40.3. The van der Waals surface area contributed by atoms with E-state index in [1.165, 1.54) is 24.2 Å². The Hall–Kier alpha value is -4.31. The van der Waals surface area contributed by atoms with Crippen LogP contribution in [-0.4, -0.2) is 67.0 Å². The lowest BCUT2D eigenvalue weighted by molar-refractivity contribution is -0.137. The molecular weight excluding hydrogens is 703 g/mol. The predicted octanol–water partition coefficient (Wildman–Crippen LogP) is 10.9. The summed E-state index contributed by atoms with van der Waals surface area (Å²) < 4.78 is 6.51. The highest BCUT2D eigenvalue weighted by Gasteiger charge is 2.41. The number of hydrogen-bond donors (Lipinski definition) is 3. The maximum atomic E-state index is 14.7. The zero-order valence-corrected chi connectivity index (χ0v) is 34.9. The van der Waals surface area contributed by atoms with Crippen LogP contribution >= 0.6 is 0 Å². The standard InChI is InChI=1S/C46H63N5O5/c1-9-12-14-16-18-22-56-30(8)40-28(6)35-23-34-27(5)32(19-20-39(52)53)43(49-34)42-44-41(45(54)51(46(42)55)21-17-15-13-10-2)29(7)36(50-44)24-37-31(11-3)26(4)33(47-37)25-38(40)48-35/h23-27,30-32,47,50H,9-22H2,1-8H3,(H,52,53)/t26-,27+,30-,31-,32+/m1/s1. The van der Waals surface area contributed by atoms with Gasteiger partial charge in [-0.15, -0.1) is 0 Å². The monoisotopic (exact) mass is 765 g/mol. The quantitative estimate of drug-likeness (QED) is 0.107. The molecule has 10 nitrogen and oxygen atoms in total. The molecule has 302 valence electrons. The first-order valence-corrected chi connectivity index (χ1v) is 21.4. The number of carbonyl (C=O) groups is 3. The molecule has 2 aromatic heterocycles. The maximum absolute atomic E-state index is 14.7. The van der Waals surface area contributed by atoms with E-state index in [1.807, 2.05) is 13.0 Å². The molecule has 0 spiro atoms. The SMILES string of the molecule is CCCCCCCO[C@H](C)C1=C(C)c2cc3nc(c4c5[nH]c(cc6[nH]c(cc1n2)[C@H](C)[C@H]6CC)c(C)c5C(=O)N(CCCCCC)C4=O)[C@@H](CCC(=O)O)[C@@H]3C. The Morgan fingerprint density at radius 2 is 1.54 bits per heavy atom. The summed E-state index contributed by atoms with van der Waals surface area (Å²) in [6.07, 6.45) is 10.5. The normalized spacial score (nSPS) is 20.5. The van der Waals surface area contributed by atoms with Crippen LogP contribution in [0.4, 0.5) is 0 Å². The van der Waals surface area contributed by atoms with Crippen LogP contribution in [0.25, 0.3) is 22.2 Å². The van der Waals surface area contributed by atoms with Crippen LogP contribution in [0.2, 0.25) is 0 Å². The lowest BCUT2D eigenvalue weighted by atomic mass is 9.84. The van der Waals surface area contributed by atoms with E-state index in [4.69, 9.17) is 14.7 Å². The van der Waals surface area contributed by atoms with Crippen molar-refractivity contribution in [2.45, 2.75) is 162 Å². The summed E-state index contributed by atoms with van der Waals surface area (Å²) in [5, 5.41) is 9.84. The first kappa shape index (κ1) is 41.3. The number of imide groups is 1. The number of nitrogens with one attached hydrogen (secondary N) is 2. The van der Waals surface area contributed by atoms with Crippen LogP contribution in [-0.2, 0) is 9.53 Å². The van der Waals surface area contributed by atoms with Gasteiger partial charge >= 0.3 is 5.97 Å². The van der Waals surface area contributed by atoms with Crippen molar-refractivity contribution in [2.24, 2.45) is 0 Å². The molecule has 2 amide bonds. The molecule has 3 N–H and O–H groups in total. The number of hydrogen-bond acceptors (Lipinski definition) is 6. The minimum atomic E-state index is -0.900. The van der Waals surface area contributed by atoms with Crippen LogP contribution in [0.3, 0.4) is 0 Å². The van der Waals surface area contributed by atoms with Gasteiger partial charge in [0, 0.05) is 71.4 Å². The lowest BCUT2D eigenvalue weighted by Gasteiger charge is -2.27. The average molecular weight is 766 g/mol. The number of fused-ring (bicyclic) bond motifs is 8. The summed E-state index contributed by atoms with van der Waals surface area (Å²) >= 11 is 0. The van der Waals surface area contributed by atoms with Gasteiger partial charge in [-0.05, 0) is 75.8 Å². The van der Waals surface area contributed by atoms with Gasteiger partial charge in [0.15, 0.2) is 0 Å². The summed E-state index contributed by atoms with van der Waals surface area (Å²) in [4.78, 5) is 60.3. The van der Waals surface area contributed by atoms with Gasteiger partial charge in [0.05, 0.1) is 39.8 Å². The van der Waals surface area contributed by atoms with Gasteiger partial charge < -0.3 is 19.8 Å². The molecule has 0 aromatic carbocycles. The predicted molar refractivity (Wildman–Crippen MR) is 223 cm³/mol. The van der Waals surface area contributed by atoms with E-state index in [1.54, 1.807) is 0 Å². The molecule has 0 fully saturated rings. The van der Waals surface area contributed by atoms with E-state index in [0.29, 0.717) is 48.3 Å². The number of aliphatic carboxylic acids is 1. The third-order valence-electron chi connectivity index (χ3n) is 12.7. The number of aryl methyl sites for hydroxylation is 1. The molecular formula is C46H63N5O5. The number of carboxylic acid groups (broad SMARTS) is 1. The number of H-pyrrole nitrogens is 2. The molecule has 5 atom stereocenters. The van der Waals surface area contributed by atoms with Gasteiger partial charge in [-0.3, -0.25) is 24.3 Å². The second-order valence-electron chi connectivity index (χ2n) is 16.5. The highest BCUT2D eigenvalue weighted by Crippen LogP contribution is 2.45. The highest BCUT2D eigenvalue weighted by atomic mass is 16.5. The molecule has 8 bridgehead atoms. The fourth-order valence-electron chi connectivity index (χ4n) is 9.26. The average Bonchev–Trinajstić information content (AvgIpc) is 3.85. The smallest absolute Gasteiger partial charge is 0.303 e. The fourth-order valence-corrected chi connectivity index (χ4v) is 9.26. The van der Waals surface area contributed by atoms with Crippen molar-refractivity contribution < 1.29 is 24.2 Å². The number of aromatic amines is 2. The number of amides is 2. The summed E-state index contributed by atoms with van der Waals surface area (Å²) in [7, 11) is 0. The Bertz CT molecular complexity index is 2060. The maximum Gasteiger partial charge on any atom is 0.303 e. The van der Waals surface area contributed by atoms with Crippen LogP contribution in [0.5, 0.6) is 0 Å². The summed E-state index contributed by atoms with van der Waals surface area (Å²) in [6.45, 7) is 18.0. The number of rotatable bonds is 17. The number of unbranched alkanes of at least 4 members (excludes halogenated alkanes) is 7. The number of carbonyl (C=O) groups excluding carboxylic acids is 2. The van der Waals surface area contributed by atoms with E-state index < -0.39 is 5.97 Å². The number of aromatic nitrogens is 4. The molecule has 6 heterocycles. The van der Waals surface area contributed by atoms with Gasteiger partial charge in [-0.25, -0.2) is 4.98 Å². The Labute approximate surface area is 332 Å². The molecule has 0 saturated carbocycles. The van der Waals surface area contributed by atoms with Crippen molar-refractivity contribution in [2.75, 3.05) is 13.2 Å². The molecule has 56 heavy (non-hydrogen) atoms. The molecule has 2 aromatic rings. The molecule has 10 heteroatoms. The van der Waals surface area contributed by atoms with Gasteiger partial charge in [0.25, 0.3) is 11.8 Å². The molecule has 0 unspecified atom stereocenters. The minimum absolute atomic E-state index is 0.0680. The number of ether oxygens (including phenoxy) is 1. The number of carboxylic acids is 1. The van der Waals surface area contributed by atoms with Crippen molar-refractivity contribution in [1.29, 1.82) is 0 Å². The summed E-state index contributed by atoms with van der Waals surface area (Å²) in [6, 6.07) is 6.32. The largest absolute Gasteiger partial charge is 0.481 e. The number of allylic oxidation sites excluding steroid dienone is 1. The molecule has 6 rings (SSSR count). The van der Waals surface area contributed by atoms with Crippen molar-refractivity contribution in [3.05, 3.63) is 69.1 Å². The second kappa shape index (κ2) is 17.9. The first-order chi connectivity index (χ1) is 26.9. The summed E-state index contributed by atoms with van der Waals surface area (Å²) in [5.74, 6) is -1.72. The lowest BCUT2D eigenvalue weighted by Crippen LogP contribution is -2.41. The Morgan fingerprint density at radius 3 is 2.23 bits per heavy atom. The molecule has 0 aliphatic carbocycles. The van der Waals surface area contributed by atoms with Gasteiger partial charge in [-0.2, -0.15) is 0 Å². The third kappa shape index (κ3) is 8.09. The molecule has 4 aliphatic heterocycles. The van der Waals surface area contributed by atoms with E-state index in [2.05, 4.69) is 70.6 Å². The van der Waals surface area contributed by atoms with Crippen LogP contribution in [0, 0.1) is 6.92 Å². The van der Waals surface area contributed by atoms with Crippen molar-refractivity contribution in [3.63, 3.8) is 0 Å². The molecule has 0 radical (unpaired) electrons. The summed E-state index contributed by atoms with van der Waals surface area (Å²) in [5.41, 5.74) is 10.1. The minimum Gasteiger partial charge on any atom is -0.481 e. The zero-order valence-electron chi connectivity index (χ0n) is 34.9. The van der Waals surface area contributed by atoms with E-state index in [0.717, 1.165) is 89.2 Å². The van der Waals surface area contributed by atoms with E-state index in [9.17, 15) is 19.5 Å². The first-order valence-electron chi connectivity index (χ1n) is 21.4. The van der Waals surface area contributed by atoms with Crippen LogP contribution in [0.15, 0.2) is 18.2 Å². The fraction of sp³-hybridized carbons (Fsp3) is 0.587. The second-order valence-corrected chi connectivity index (χ2v) is 16.5. The third-order valence-corrected chi connectivity index (χ3v) is 12.7. The Balaban J connectivity index is 1.62. The molecule has 0 saturated heterocycles. The number of nitrogens with zero attached hydrogens (tertiary/aromatic N) is 3. The van der Waals surface area contributed by atoms with Gasteiger partial charge in [0.1, 0.15) is 0 Å². The van der Waals surface area contributed by atoms with Crippen molar-refractivity contribution in [3.8, 4) is 0 Å². The van der Waals surface area contributed by atoms with Crippen molar-refractivity contribution in [1.82, 2.24) is 24.8 Å². The van der Waals surface area contributed by atoms with Gasteiger partial charge in [-0.1, -0.05) is 79.6 Å². The highest BCUT2D eigenvalue weighted by molar-refractivity contribution is 6.23. The van der Waals surface area contributed by atoms with Crippen molar-refractivity contribution >= 4 is 40.0 Å². The topological polar surface area (TPSA) is 141 Å². The van der Waals surface area contributed by atoms with Crippen LogP contribution in [0.1, 0.15) is 210 Å². The Morgan fingerprint density at radius 1 is 0.839 bits per heavy atom.